The first-order valence-electron chi connectivity index (χ1n) is 23.7. The van der Waals surface area contributed by atoms with E-state index in [0.29, 0.717) is 12.8 Å². The number of rotatable bonds is 27. The largest absolute Gasteiger partial charge is 0.481 e. The summed E-state index contributed by atoms with van der Waals surface area (Å²) < 4.78 is 0. The van der Waals surface area contributed by atoms with Gasteiger partial charge in [0.15, 0.2) is 5.96 Å². The normalized spacial score (nSPS) is 18.1. The molecule has 2 heterocycles. The summed E-state index contributed by atoms with van der Waals surface area (Å²) in [5.41, 5.74) is 17.9. The Balaban J connectivity index is 1.69. The topological polar surface area (TPSA) is 380 Å². The van der Waals surface area contributed by atoms with Crippen LogP contribution in [0.2, 0.25) is 0 Å². The molecule has 3 rings (SSSR count). The Kier molecular flexibility index (Phi) is 23.0. The molecule has 0 unspecified atom stereocenters. The molecule has 1 aromatic rings. The molecule has 24 nitrogen and oxygen atoms in total. The van der Waals surface area contributed by atoms with Gasteiger partial charge in [-0.05, 0) is 82.1 Å². The van der Waals surface area contributed by atoms with Crippen molar-refractivity contribution in [2.75, 3.05) is 26.2 Å². The minimum absolute atomic E-state index is 0.0213. The Morgan fingerprint density at radius 2 is 1.27 bits per heavy atom. The molecular weight excluding hydrogens is 913 g/mol. The fourth-order valence-electron chi connectivity index (χ4n) is 8.21. The third kappa shape index (κ3) is 18.2. The number of carboxylic acid groups (broad SMARTS) is 2. The van der Waals surface area contributed by atoms with Crippen LogP contribution in [0.25, 0.3) is 0 Å². The van der Waals surface area contributed by atoms with Gasteiger partial charge in [-0.2, -0.15) is 0 Å². The first-order chi connectivity index (χ1) is 33.0. The zero-order chi connectivity index (χ0) is 52.2. The highest BCUT2D eigenvalue weighted by atomic mass is 16.4. The molecule has 0 aromatic heterocycles. The van der Waals surface area contributed by atoms with Gasteiger partial charge in [0.2, 0.25) is 47.3 Å². The van der Waals surface area contributed by atoms with Crippen LogP contribution >= 0.6 is 0 Å². The molecule has 0 bridgehead atoms. The number of carbonyl (C=O) groups excluding carboxylic acids is 8. The molecule has 0 saturated carbocycles. The van der Waals surface area contributed by atoms with E-state index < -0.39 is 126 Å². The number of nitrogens with two attached hydrogens (primary N) is 3. The van der Waals surface area contributed by atoms with Crippen molar-refractivity contribution in [2.45, 2.75) is 147 Å². The van der Waals surface area contributed by atoms with Crippen LogP contribution in [-0.4, -0.2) is 160 Å². The van der Waals surface area contributed by atoms with E-state index in [4.69, 9.17) is 17.2 Å². The maximum atomic E-state index is 14.2. The molecule has 0 radical (unpaired) electrons. The second-order valence-electron chi connectivity index (χ2n) is 18.4. The number of aliphatic carboxylic acids is 2. The zero-order valence-electron chi connectivity index (χ0n) is 40.6. The van der Waals surface area contributed by atoms with E-state index in [1.165, 1.54) is 16.7 Å². The molecule has 1 aromatic carbocycles. The first-order valence-corrected chi connectivity index (χ1v) is 23.7. The minimum atomic E-state index is -1.43. The van der Waals surface area contributed by atoms with E-state index in [-0.39, 0.29) is 76.5 Å². The summed E-state index contributed by atoms with van der Waals surface area (Å²) in [6, 6.07) is -0.199. The van der Waals surface area contributed by atoms with Gasteiger partial charge in [-0.15, -0.1) is 0 Å². The van der Waals surface area contributed by atoms with Gasteiger partial charge >= 0.3 is 11.9 Å². The molecule has 2 aliphatic heterocycles. The van der Waals surface area contributed by atoms with E-state index in [0.717, 1.165) is 5.56 Å². The molecule has 8 atom stereocenters. The second kappa shape index (κ2) is 28.0. The summed E-state index contributed by atoms with van der Waals surface area (Å²) in [6.07, 6.45) is 0.975. The van der Waals surface area contributed by atoms with E-state index in [1.807, 2.05) is 44.2 Å². The number of nitrogens with one attached hydrogen (secondary N) is 6. The molecule has 24 heteroatoms. The van der Waals surface area contributed by atoms with Gasteiger partial charge in [-0.25, -0.2) is 4.79 Å². The van der Waals surface area contributed by atoms with Crippen LogP contribution in [-0.2, 0) is 54.4 Å². The minimum Gasteiger partial charge on any atom is -0.481 e. The highest BCUT2D eigenvalue weighted by molar-refractivity contribution is 5.98. The highest BCUT2D eigenvalue weighted by Crippen LogP contribution is 2.22. The van der Waals surface area contributed by atoms with E-state index in [9.17, 15) is 58.2 Å². The predicted octanol–water partition coefficient (Wildman–Crippen LogP) is -2.20. The third-order valence-electron chi connectivity index (χ3n) is 11.9. The number of aliphatic imine (C=N–C) groups is 1. The van der Waals surface area contributed by atoms with Crippen LogP contribution in [0.4, 0.5) is 0 Å². The molecule has 2 aliphatic rings. The monoisotopic (exact) mass is 985 g/mol. The number of benzene rings is 1. The molecule has 0 spiro atoms. The smallest absolute Gasteiger partial charge is 0.326 e. The molecule has 70 heavy (non-hydrogen) atoms. The van der Waals surface area contributed by atoms with Gasteiger partial charge in [-0.1, -0.05) is 58.0 Å². The van der Waals surface area contributed by atoms with Crippen molar-refractivity contribution in [3.05, 3.63) is 35.9 Å². The average molecular weight is 985 g/mol. The fraction of sp³-hybridized carbons (Fsp3) is 0.630. The van der Waals surface area contributed by atoms with Crippen molar-refractivity contribution in [1.29, 1.82) is 0 Å². The van der Waals surface area contributed by atoms with Crippen molar-refractivity contribution in [3.63, 3.8) is 0 Å². The SMILES string of the molecule is CC(C)C[C@H](NC(=O)[C@@H](N)Cc1ccccc1)C(=O)NCC(=O)N[C@@H](CCCN=C(N)N)C(=O)N1CCC[C@H]1C(=O)N[C@@H](C)C(=O)N[C@@H](CCC(=O)O)C(=O)N1CCC[C@H]1C(=O)N[C@H](C(=O)O)C(C)C. The van der Waals surface area contributed by atoms with Crippen LogP contribution in [0.5, 0.6) is 0 Å². The number of guanidine groups is 1. The molecule has 2 fully saturated rings. The van der Waals surface area contributed by atoms with Gasteiger partial charge in [0.25, 0.3) is 0 Å². The number of carbonyl (C=O) groups is 10. The number of carboxylic acids is 2. The summed E-state index contributed by atoms with van der Waals surface area (Å²) in [5, 5.41) is 34.4. The Hall–Kier alpha value is -6.85. The highest BCUT2D eigenvalue weighted by Gasteiger charge is 2.41. The van der Waals surface area contributed by atoms with Crippen molar-refractivity contribution < 1.29 is 58.2 Å². The lowest BCUT2D eigenvalue weighted by Crippen LogP contribution is -2.59. The summed E-state index contributed by atoms with van der Waals surface area (Å²) >= 11 is 0. The lowest BCUT2D eigenvalue weighted by molar-refractivity contribution is -0.146. The van der Waals surface area contributed by atoms with Crippen molar-refractivity contribution >= 4 is 65.2 Å². The third-order valence-corrected chi connectivity index (χ3v) is 11.9. The summed E-state index contributed by atoms with van der Waals surface area (Å²) in [6.45, 7) is 7.99. The average Bonchev–Trinajstić information content (AvgIpc) is 4.00. The van der Waals surface area contributed by atoms with Crippen molar-refractivity contribution in [1.82, 2.24) is 41.7 Å². The lowest BCUT2D eigenvalue weighted by atomic mass is 10.0. The van der Waals surface area contributed by atoms with Crippen LogP contribution in [0.3, 0.4) is 0 Å². The van der Waals surface area contributed by atoms with Gasteiger partial charge in [0, 0.05) is 26.1 Å². The van der Waals surface area contributed by atoms with Gasteiger partial charge in [-0.3, -0.25) is 48.1 Å². The standard InChI is InChI=1S/C46H72N12O12/c1-25(2)22-32(55-39(63)29(47)23-28-12-7-6-8-13-28)40(64)51-24-35(59)53-30(14-9-19-50-46(48)49)43(67)57-20-10-15-33(57)41(65)52-27(5)38(62)54-31(17-18-36(60)61)44(68)58-21-11-16-34(58)42(66)56-37(26(3)4)45(69)70/h6-8,12-13,25-27,29-34,37H,9-11,14-24,47H2,1-5H3,(H,51,64)(H,52,65)(H,53,59)(H,54,62)(H,55,63)(H,56,66)(H,60,61)(H,69,70)(H4,48,49,50)/t27-,29-,30-,31-,32-,33-,34-,37-/m0/s1. The van der Waals surface area contributed by atoms with E-state index in [2.05, 4.69) is 36.9 Å². The van der Waals surface area contributed by atoms with Gasteiger partial charge in [0.05, 0.1) is 12.6 Å². The Bertz CT molecular complexity index is 2050. The lowest BCUT2D eigenvalue weighted by Gasteiger charge is -2.31. The molecule has 388 valence electrons. The Labute approximate surface area is 407 Å². The summed E-state index contributed by atoms with van der Waals surface area (Å²) in [7, 11) is 0. The van der Waals surface area contributed by atoms with Crippen LogP contribution in [0.1, 0.15) is 98.0 Å². The van der Waals surface area contributed by atoms with Gasteiger partial charge < -0.3 is 69.1 Å². The second-order valence-corrected chi connectivity index (χ2v) is 18.4. The predicted molar refractivity (Wildman–Crippen MR) is 255 cm³/mol. The number of hydrogen-bond donors (Lipinski definition) is 11. The van der Waals surface area contributed by atoms with E-state index in [1.54, 1.807) is 13.8 Å². The fourth-order valence-corrected chi connectivity index (χ4v) is 8.21. The van der Waals surface area contributed by atoms with Crippen molar-refractivity contribution in [3.8, 4) is 0 Å². The molecule has 0 aliphatic carbocycles. The molecule has 2 saturated heterocycles. The summed E-state index contributed by atoms with van der Waals surface area (Å²) in [5.74, 6) is -8.84. The number of amides is 8. The zero-order valence-corrected chi connectivity index (χ0v) is 40.6. The first kappa shape index (κ1) is 57.5. The number of likely N-dealkylation sites (tertiary alicyclic amines) is 2. The van der Waals surface area contributed by atoms with Crippen LogP contribution in [0, 0.1) is 11.8 Å². The number of hydrogen-bond acceptors (Lipinski definition) is 12. The van der Waals surface area contributed by atoms with Crippen LogP contribution in [0.15, 0.2) is 35.3 Å². The quantitative estimate of drug-likeness (QED) is 0.0253. The molecule has 14 N–H and O–H groups in total. The number of nitrogens with zero attached hydrogens (tertiary/aromatic N) is 3. The Morgan fingerprint density at radius 3 is 1.80 bits per heavy atom. The van der Waals surface area contributed by atoms with Crippen LogP contribution < -0.4 is 49.1 Å². The van der Waals surface area contributed by atoms with E-state index >= 15 is 0 Å². The maximum absolute atomic E-state index is 14.2. The van der Waals surface area contributed by atoms with Crippen molar-refractivity contribution in [2.24, 2.45) is 34.0 Å². The van der Waals surface area contributed by atoms with Gasteiger partial charge in [0.1, 0.15) is 42.3 Å². The maximum Gasteiger partial charge on any atom is 0.326 e. The Morgan fingerprint density at radius 1 is 0.714 bits per heavy atom. The molecule has 8 amide bonds. The molecular formula is C46H72N12O12. The summed E-state index contributed by atoms with van der Waals surface area (Å²) in [4.78, 5) is 138.